The SMILES string of the molecule is CCOc1ccccc1C(=O)N1CCCC(c2nnc(C(=O)Nc3ccc(C)cc3)s2)C1. The highest BCUT2D eigenvalue weighted by Crippen LogP contribution is 2.31. The van der Waals surface area contributed by atoms with Crippen molar-refractivity contribution in [2.75, 3.05) is 25.0 Å². The molecule has 1 aliphatic heterocycles. The van der Waals surface area contributed by atoms with E-state index in [4.69, 9.17) is 4.74 Å². The molecule has 2 aromatic carbocycles. The largest absolute Gasteiger partial charge is 0.493 e. The zero-order valence-electron chi connectivity index (χ0n) is 18.2. The van der Waals surface area contributed by atoms with Crippen LogP contribution in [0.2, 0.25) is 0 Å². The summed E-state index contributed by atoms with van der Waals surface area (Å²) in [5, 5.41) is 12.4. The lowest BCUT2D eigenvalue weighted by Gasteiger charge is -2.32. The normalized spacial score (nSPS) is 15.9. The maximum absolute atomic E-state index is 13.2. The molecule has 1 unspecified atom stereocenters. The Bertz CT molecular complexity index is 1100. The number of hydrogen-bond acceptors (Lipinski definition) is 6. The van der Waals surface area contributed by atoms with Gasteiger partial charge in [-0.05, 0) is 51.0 Å². The van der Waals surface area contributed by atoms with Gasteiger partial charge in [0.15, 0.2) is 0 Å². The zero-order valence-corrected chi connectivity index (χ0v) is 19.0. The average molecular weight is 451 g/mol. The maximum Gasteiger partial charge on any atom is 0.286 e. The van der Waals surface area contributed by atoms with E-state index in [0.717, 1.165) is 29.1 Å². The first kappa shape index (κ1) is 22.0. The predicted octanol–water partition coefficient (Wildman–Crippen LogP) is 4.52. The number of piperidine rings is 1. The molecule has 1 atom stereocenters. The number of nitrogens with one attached hydrogen (secondary N) is 1. The molecule has 0 spiro atoms. The molecule has 1 fully saturated rings. The molecule has 0 bridgehead atoms. The van der Waals surface area contributed by atoms with Crippen molar-refractivity contribution >= 4 is 28.8 Å². The molecule has 2 heterocycles. The number of rotatable bonds is 6. The molecular formula is C24H26N4O3S. The molecule has 1 saturated heterocycles. The van der Waals surface area contributed by atoms with Gasteiger partial charge in [-0.3, -0.25) is 9.59 Å². The van der Waals surface area contributed by atoms with E-state index >= 15 is 0 Å². The summed E-state index contributed by atoms with van der Waals surface area (Å²) < 4.78 is 5.63. The van der Waals surface area contributed by atoms with Crippen molar-refractivity contribution in [1.82, 2.24) is 15.1 Å². The lowest BCUT2D eigenvalue weighted by atomic mass is 9.98. The summed E-state index contributed by atoms with van der Waals surface area (Å²) in [5.74, 6) is 0.353. The second kappa shape index (κ2) is 9.91. The highest BCUT2D eigenvalue weighted by Gasteiger charge is 2.29. The fraction of sp³-hybridized carbons (Fsp3) is 0.333. The molecule has 3 aromatic rings. The number of hydrogen-bond donors (Lipinski definition) is 1. The smallest absolute Gasteiger partial charge is 0.286 e. The molecule has 0 saturated carbocycles. The molecule has 2 amide bonds. The number of ether oxygens (including phenoxy) is 1. The molecule has 166 valence electrons. The van der Waals surface area contributed by atoms with Gasteiger partial charge in [-0.25, -0.2) is 0 Å². The van der Waals surface area contributed by atoms with Crippen LogP contribution in [-0.2, 0) is 0 Å². The monoisotopic (exact) mass is 450 g/mol. The number of para-hydroxylation sites is 1. The fourth-order valence-electron chi connectivity index (χ4n) is 3.77. The van der Waals surface area contributed by atoms with Gasteiger partial charge >= 0.3 is 0 Å². The number of carbonyl (C=O) groups is 2. The first-order valence-corrected chi connectivity index (χ1v) is 11.6. The molecule has 0 aliphatic carbocycles. The highest BCUT2D eigenvalue weighted by atomic mass is 32.1. The minimum absolute atomic E-state index is 0.0411. The van der Waals surface area contributed by atoms with E-state index in [0.29, 0.717) is 36.0 Å². The van der Waals surface area contributed by atoms with Gasteiger partial charge < -0.3 is 15.0 Å². The first-order valence-electron chi connectivity index (χ1n) is 10.8. The van der Waals surface area contributed by atoms with Gasteiger partial charge in [-0.1, -0.05) is 41.2 Å². The second-order valence-electron chi connectivity index (χ2n) is 7.79. The van der Waals surface area contributed by atoms with E-state index in [1.165, 1.54) is 11.3 Å². The van der Waals surface area contributed by atoms with Crippen LogP contribution in [0.25, 0.3) is 0 Å². The standard InChI is InChI=1S/C24H26N4O3S/c1-3-31-20-9-5-4-8-19(20)24(30)28-14-6-7-17(15-28)22-26-27-23(32-22)21(29)25-18-12-10-16(2)11-13-18/h4-5,8-13,17H,3,6-7,14-15H2,1-2H3,(H,25,29). The summed E-state index contributed by atoms with van der Waals surface area (Å²) in [5.41, 5.74) is 2.42. The van der Waals surface area contributed by atoms with Crippen LogP contribution in [0.4, 0.5) is 5.69 Å². The Labute approximate surface area is 191 Å². The van der Waals surface area contributed by atoms with Crippen molar-refractivity contribution in [3.63, 3.8) is 0 Å². The van der Waals surface area contributed by atoms with Gasteiger partial charge in [0.1, 0.15) is 10.8 Å². The number of likely N-dealkylation sites (tertiary alicyclic amines) is 1. The Morgan fingerprint density at radius 1 is 1.16 bits per heavy atom. The van der Waals surface area contributed by atoms with Crippen LogP contribution < -0.4 is 10.1 Å². The Balaban J connectivity index is 1.44. The Morgan fingerprint density at radius 2 is 1.94 bits per heavy atom. The summed E-state index contributed by atoms with van der Waals surface area (Å²) in [6.07, 6.45) is 1.78. The number of amides is 2. The lowest BCUT2D eigenvalue weighted by Crippen LogP contribution is -2.39. The van der Waals surface area contributed by atoms with Crippen LogP contribution in [-0.4, -0.2) is 46.6 Å². The third-order valence-corrected chi connectivity index (χ3v) is 6.50. The average Bonchev–Trinajstić information content (AvgIpc) is 3.31. The molecule has 1 aliphatic rings. The third kappa shape index (κ3) is 4.96. The second-order valence-corrected chi connectivity index (χ2v) is 8.79. The molecular weight excluding hydrogens is 424 g/mol. The Hall–Kier alpha value is -3.26. The third-order valence-electron chi connectivity index (χ3n) is 5.42. The van der Waals surface area contributed by atoms with Gasteiger partial charge in [0, 0.05) is 24.7 Å². The Morgan fingerprint density at radius 3 is 2.72 bits per heavy atom. The van der Waals surface area contributed by atoms with Crippen molar-refractivity contribution in [3.05, 3.63) is 69.7 Å². The summed E-state index contributed by atoms with van der Waals surface area (Å²) in [7, 11) is 0. The molecule has 0 radical (unpaired) electrons. The molecule has 7 nitrogen and oxygen atoms in total. The summed E-state index contributed by atoms with van der Waals surface area (Å²) in [6, 6.07) is 14.9. The van der Waals surface area contributed by atoms with E-state index in [1.807, 2.05) is 61.2 Å². The number of anilines is 1. The number of aryl methyl sites for hydroxylation is 1. The Kier molecular flexibility index (Phi) is 6.80. The summed E-state index contributed by atoms with van der Waals surface area (Å²) in [4.78, 5) is 27.6. The van der Waals surface area contributed by atoms with Gasteiger partial charge in [-0.15, -0.1) is 10.2 Å². The topological polar surface area (TPSA) is 84.4 Å². The maximum atomic E-state index is 13.2. The van der Waals surface area contributed by atoms with E-state index < -0.39 is 0 Å². The quantitative estimate of drug-likeness (QED) is 0.597. The van der Waals surface area contributed by atoms with Crippen LogP contribution in [0.5, 0.6) is 5.75 Å². The number of carbonyl (C=O) groups excluding carboxylic acids is 2. The van der Waals surface area contributed by atoms with Crippen molar-refractivity contribution in [2.45, 2.75) is 32.6 Å². The van der Waals surface area contributed by atoms with Gasteiger partial charge in [-0.2, -0.15) is 0 Å². The van der Waals surface area contributed by atoms with Gasteiger partial charge in [0.25, 0.3) is 11.8 Å². The van der Waals surface area contributed by atoms with E-state index in [2.05, 4.69) is 15.5 Å². The number of nitrogens with zero attached hydrogens (tertiary/aromatic N) is 3. The molecule has 1 aromatic heterocycles. The number of benzene rings is 2. The van der Waals surface area contributed by atoms with E-state index in [-0.39, 0.29) is 17.7 Å². The van der Waals surface area contributed by atoms with Crippen molar-refractivity contribution < 1.29 is 14.3 Å². The van der Waals surface area contributed by atoms with E-state index in [1.54, 1.807) is 6.07 Å². The van der Waals surface area contributed by atoms with Crippen LogP contribution in [0.1, 0.15) is 56.4 Å². The van der Waals surface area contributed by atoms with E-state index in [9.17, 15) is 9.59 Å². The molecule has 32 heavy (non-hydrogen) atoms. The minimum Gasteiger partial charge on any atom is -0.493 e. The molecule has 1 N–H and O–H groups in total. The van der Waals surface area contributed by atoms with Crippen molar-refractivity contribution in [3.8, 4) is 5.75 Å². The first-order chi connectivity index (χ1) is 15.5. The van der Waals surface area contributed by atoms with Gasteiger partial charge in [0.05, 0.1) is 12.2 Å². The summed E-state index contributed by atoms with van der Waals surface area (Å²) in [6.45, 7) is 5.64. The van der Waals surface area contributed by atoms with Gasteiger partial charge in [0.2, 0.25) is 5.01 Å². The molecule has 8 heteroatoms. The van der Waals surface area contributed by atoms with Crippen molar-refractivity contribution in [2.24, 2.45) is 0 Å². The van der Waals surface area contributed by atoms with Crippen LogP contribution >= 0.6 is 11.3 Å². The van der Waals surface area contributed by atoms with Crippen LogP contribution in [0.3, 0.4) is 0 Å². The summed E-state index contributed by atoms with van der Waals surface area (Å²) >= 11 is 1.29. The molecule has 4 rings (SSSR count). The number of aromatic nitrogens is 2. The predicted molar refractivity (Wildman–Crippen MR) is 125 cm³/mol. The lowest BCUT2D eigenvalue weighted by molar-refractivity contribution is 0.0702. The van der Waals surface area contributed by atoms with Crippen LogP contribution in [0.15, 0.2) is 48.5 Å². The van der Waals surface area contributed by atoms with Crippen molar-refractivity contribution in [1.29, 1.82) is 0 Å². The zero-order chi connectivity index (χ0) is 22.5. The van der Waals surface area contributed by atoms with Crippen LogP contribution in [0, 0.1) is 6.92 Å². The minimum atomic E-state index is -0.271. The highest BCUT2D eigenvalue weighted by molar-refractivity contribution is 7.13. The fourth-order valence-corrected chi connectivity index (χ4v) is 4.64.